The number of hydrogen-bond donors (Lipinski definition) is 1. The van der Waals surface area contributed by atoms with E-state index in [-0.39, 0.29) is 0 Å². The van der Waals surface area contributed by atoms with Crippen LogP contribution in [0.25, 0.3) is 0 Å². The Kier molecular flexibility index (Phi) is 4.01. The molecule has 0 aromatic rings. The minimum absolute atomic E-state index is 0.339. The van der Waals surface area contributed by atoms with Crippen molar-refractivity contribution in [2.24, 2.45) is 15.1 Å². The van der Waals surface area contributed by atoms with Crippen molar-refractivity contribution < 1.29 is 4.21 Å². The van der Waals surface area contributed by atoms with Gasteiger partial charge in [-0.25, -0.2) is 0 Å². The molecule has 0 bridgehead atoms. The highest BCUT2D eigenvalue weighted by molar-refractivity contribution is 7.72. The molecule has 76 valence electrons. The second kappa shape index (κ2) is 5.06. The third kappa shape index (κ3) is 2.87. The lowest BCUT2D eigenvalue weighted by molar-refractivity contribution is 0.547. The fraction of sp³-hybridized carbons (Fsp3) is 0.857. The molecule has 5 nitrogen and oxygen atoms in total. The standard InChI is InChI=1S/C7H15N4OS/c1-2-9-7(8)11-6-4-3-5-10-13(11)12/h2-6H2,1H3,(H2,8,9)/q-1. The van der Waals surface area contributed by atoms with Gasteiger partial charge in [0.1, 0.15) is 0 Å². The highest BCUT2D eigenvalue weighted by Crippen LogP contribution is 2.03. The molecule has 0 atom stereocenters. The lowest BCUT2D eigenvalue weighted by Gasteiger charge is -2.25. The number of nitrogens with zero attached hydrogens (tertiary/aromatic N) is 3. The molecule has 1 aliphatic rings. The fourth-order valence-corrected chi connectivity index (χ4v) is 2.02. The highest BCUT2D eigenvalue weighted by atomic mass is 32.2. The van der Waals surface area contributed by atoms with Gasteiger partial charge in [-0.3, -0.25) is 4.99 Å². The number of guanidine groups is 1. The van der Waals surface area contributed by atoms with E-state index in [1.165, 1.54) is 0 Å². The minimum Gasteiger partial charge on any atom is -0.424 e. The molecule has 0 aliphatic carbocycles. The van der Waals surface area contributed by atoms with E-state index in [0.717, 1.165) is 12.8 Å². The maximum absolute atomic E-state index is 11.4. The zero-order valence-electron chi connectivity index (χ0n) is 7.77. The Hall–Kier alpha value is -0.780. The minimum atomic E-state index is -1.32. The van der Waals surface area contributed by atoms with E-state index >= 15 is 0 Å². The molecule has 1 heterocycles. The van der Waals surface area contributed by atoms with Gasteiger partial charge >= 0.3 is 0 Å². The Bertz CT molecular complexity index is 270. The highest BCUT2D eigenvalue weighted by Gasteiger charge is 2.02. The van der Waals surface area contributed by atoms with E-state index in [1.807, 2.05) is 6.92 Å². The number of hydrogen-bond acceptors (Lipinski definition) is 4. The molecule has 2 N–H and O–H groups in total. The molecule has 0 amide bonds. The molecule has 0 saturated heterocycles. The zero-order valence-corrected chi connectivity index (χ0v) is 8.59. The number of aliphatic imine (C=N–C) groups is 1. The van der Waals surface area contributed by atoms with Gasteiger partial charge in [0.05, 0.1) is 0 Å². The van der Waals surface area contributed by atoms with Crippen molar-refractivity contribution in [3.63, 3.8) is 0 Å². The Balaban J connectivity index is 2.76. The normalized spacial score (nSPS) is 21.0. The molecule has 0 aromatic heterocycles. The van der Waals surface area contributed by atoms with Gasteiger partial charge in [-0.2, -0.15) is 0 Å². The summed E-state index contributed by atoms with van der Waals surface area (Å²) in [6.07, 6.45) is 1.94. The zero-order chi connectivity index (χ0) is 9.68. The summed E-state index contributed by atoms with van der Waals surface area (Å²) in [5.41, 5.74) is 5.64. The molecule has 0 aromatic carbocycles. The van der Waals surface area contributed by atoms with Crippen LogP contribution in [0.4, 0.5) is 0 Å². The number of rotatable bonds is 1. The van der Waals surface area contributed by atoms with Crippen LogP contribution in [0.2, 0.25) is 0 Å². The SMILES string of the molecule is CCN=C(N)N1CCCCN=[S-]1=O. The summed E-state index contributed by atoms with van der Waals surface area (Å²) in [5, 5.41) is 0. The predicted octanol–water partition coefficient (Wildman–Crippen LogP) is 0.479. The summed E-state index contributed by atoms with van der Waals surface area (Å²) < 4.78 is 16.9. The molecule has 0 unspecified atom stereocenters. The van der Waals surface area contributed by atoms with Gasteiger partial charge in [0.2, 0.25) is 0 Å². The van der Waals surface area contributed by atoms with Crippen molar-refractivity contribution in [1.29, 1.82) is 0 Å². The average Bonchev–Trinajstić information content (AvgIpc) is 2.30. The Morgan fingerprint density at radius 1 is 1.69 bits per heavy atom. The van der Waals surface area contributed by atoms with Gasteiger partial charge in [0, 0.05) is 19.6 Å². The lowest BCUT2D eigenvalue weighted by atomic mass is 10.3. The van der Waals surface area contributed by atoms with Crippen LogP contribution in [-0.2, 0) is 15.0 Å². The van der Waals surface area contributed by atoms with Gasteiger partial charge in [-0.05, 0) is 19.8 Å². The van der Waals surface area contributed by atoms with Crippen molar-refractivity contribution in [3.05, 3.63) is 0 Å². The first-order valence-corrected chi connectivity index (χ1v) is 5.49. The Morgan fingerprint density at radius 2 is 2.46 bits per heavy atom. The first-order chi connectivity index (χ1) is 6.25. The van der Waals surface area contributed by atoms with Crippen molar-refractivity contribution in [2.45, 2.75) is 19.8 Å². The summed E-state index contributed by atoms with van der Waals surface area (Å²) in [7, 11) is -1.32. The van der Waals surface area contributed by atoms with Gasteiger partial charge < -0.3 is 18.6 Å². The maximum Gasteiger partial charge on any atom is 0.174 e. The van der Waals surface area contributed by atoms with Crippen LogP contribution in [-0.4, -0.2) is 29.9 Å². The quantitative estimate of drug-likeness (QED) is 0.382. The van der Waals surface area contributed by atoms with Gasteiger partial charge in [-0.15, -0.1) is 0 Å². The summed E-state index contributed by atoms with van der Waals surface area (Å²) in [4.78, 5) is 4.01. The molecule has 0 saturated carbocycles. The van der Waals surface area contributed by atoms with E-state index in [1.54, 1.807) is 4.31 Å². The van der Waals surface area contributed by atoms with Crippen molar-refractivity contribution >= 4 is 16.7 Å². The molecule has 1 aliphatic heterocycles. The maximum atomic E-state index is 11.4. The molecule has 1 rings (SSSR count). The van der Waals surface area contributed by atoms with Crippen molar-refractivity contribution in [3.8, 4) is 0 Å². The number of nitrogens with two attached hydrogens (primary N) is 1. The van der Waals surface area contributed by atoms with E-state index in [0.29, 0.717) is 25.6 Å². The summed E-state index contributed by atoms with van der Waals surface area (Å²) in [6, 6.07) is 0. The van der Waals surface area contributed by atoms with Crippen LogP contribution in [0, 0.1) is 0 Å². The van der Waals surface area contributed by atoms with E-state index in [2.05, 4.69) is 9.36 Å². The lowest BCUT2D eigenvalue weighted by Crippen LogP contribution is -2.36. The van der Waals surface area contributed by atoms with Gasteiger partial charge in [-0.1, -0.05) is 10.8 Å². The third-order valence-electron chi connectivity index (χ3n) is 1.74. The van der Waals surface area contributed by atoms with E-state index in [9.17, 15) is 4.21 Å². The predicted molar refractivity (Wildman–Crippen MR) is 53.4 cm³/mol. The van der Waals surface area contributed by atoms with Crippen molar-refractivity contribution in [2.75, 3.05) is 19.6 Å². The Labute approximate surface area is 80.4 Å². The first kappa shape index (κ1) is 10.3. The molecule has 0 fully saturated rings. The topological polar surface area (TPSA) is 71.0 Å². The summed E-state index contributed by atoms with van der Waals surface area (Å²) in [5.74, 6) is 0.339. The molecule has 0 spiro atoms. The smallest absolute Gasteiger partial charge is 0.174 e. The second-order valence-electron chi connectivity index (χ2n) is 2.73. The average molecular weight is 203 g/mol. The monoisotopic (exact) mass is 203 g/mol. The van der Waals surface area contributed by atoms with Crippen LogP contribution in [0.15, 0.2) is 9.36 Å². The molecular formula is C7H15N4OS-. The van der Waals surface area contributed by atoms with Crippen LogP contribution in [0.1, 0.15) is 19.8 Å². The van der Waals surface area contributed by atoms with Gasteiger partial charge in [0.15, 0.2) is 5.96 Å². The Morgan fingerprint density at radius 3 is 3.15 bits per heavy atom. The third-order valence-corrected chi connectivity index (χ3v) is 2.89. The van der Waals surface area contributed by atoms with Crippen LogP contribution in [0.5, 0.6) is 0 Å². The van der Waals surface area contributed by atoms with Crippen LogP contribution in [0.3, 0.4) is 0 Å². The molecule has 0 radical (unpaired) electrons. The fourth-order valence-electron chi connectivity index (χ4n) is 1.09. The largest absolute Gasteiger partial charge is 0.424 e. The molecule has 6 heteroatoms. The van der Waals surface area contributed by atoms with E-state index < -0.39 is 10.8 Å². The van der Waals surface area contributed by atoms with Crippen molar-refractivity contribution in [1.82, 2.24) is 4.31 Å². The summed E-state index contributed by atoms with van der Waals surface area (Å²) >= 11 is 0. The molecular weight excluding hydrogens is 188 g/mol. The van der Waals surface area contributed by atoms with Gasteiger partial charge in [0.25, 0.3) is 0 Å². The second-order valence-corrected chi connectivity index (χ2v) is 3.89. The molecule has 13 heavy (non-hydrogen) atoms. The summed E-state index contributed by atoms with van der Waals surface area (Å²) in [6.45, 7) is 3.85. The van der Waals surface area contributed by atoms with Crippen LogP contribution < -0.4 is 5.73 Å². The van der Waals surface area contributed by atoms with E-state index in [4.69, 9.17) is 5.73 Å². The van der Waals surface area contributed by atoms with Crippen LogP contribution >= 0.6 is 0 Å². The first-order valence-electron chi connectivity index (χ1n) is 4.42.